The highest BCUT2D eigenvalue weighted by atomic mass is 16.2. The highest BCUT2D eigenvalue weighted by Gasteiger charge is 2.57. The molecule has 4 aliphatic rings. The van der Waals surface area contributed by atoms with Crippen LogP contribution in [0.25, 0.3) is 11.0 Å². The fourth-order valence-corrected chi connectivity index (χ4v) is 5.58. The fourth-order valence-electron chi connectivity index (χ4n) is 5.58. The molecule has 0 spiro atoms. The van der Waals surface area contributed by atoms with Gasteiger partial charge in [0.1, 0.15) is 5.69 Å². The van der Waals surface area contributed by atoms with Crippen molar-refractivity contribution < 1.29 is 4.79 Å². The number of amides is 1. The van der Waals surface area contributed by atoms with Gasteiger partial charge in [-0.1, -0.05) is 6.92 Å². The van der Waals surface area contributed by atoms with Crippen molar-refractivity contribution in [2.24, 2.45) is 5.92 Å². The summed E-state index contributed by atoms with van der Waals surface area (Å²) < 4.78 is 0. The Kier molecular flexibility index (Phi) is 5.13. The van der Waals surface area contributed by atoms with Gasteiger partial charge in [-0.2, -0.15) is 0 Å². The lowest BCUT2D eigenvalue weighted by Gasteiger charge is -2.61. The Labute approximate surface area is 198 Å². The summed E-state index contributed by atoms with van der Waals surface area (Å²) in [5.74, 6) is 0.788. The van der Waals surface area contributed by atoms with Crippen molar-refractivity contribution in [1.82, 2.24) is 25.2 Å². The molecule has 8 heteroatoms. The number of carbonyl (C=O) groups is 1. The number of pyridine rings is 3. The Morgan fingerprint density at radius 3 is 2.56 bits per heavy atom. The van der Waals surface area contributed by atoms with Gasteiger partial charge in [0.25, 0.3) is 11.5 Å². The van der Waals surface area contributed by atoms with Crippen molar-refractivity contribution >= 4 is 22.6 Å². The van der Waals surface area contributed by atoms with Crippen LogP contribution >= 0.6 is 0 Å². The summed E-state index contributed by atoms with van der Waals surface area (Å²) in [6.45, 7) is 6.42. The smallest absolute Gasteiger partial charge is 0.270 e. The number of rotatable bonds is 6. The zero-order chi connectivity index (χ0) is 23.3. The lowest BCUT2D eigenvalue weighted by molar-refractivity contribution is -0.0439. The number of piperazine rings is 1. The van der Waals surface area contributed by atoms with Gasteiger partial charge < -0.3 is 15.2 Å². The lowest BCUT2D eigenvalue weighted by Crippen LogP contribution is -2.68. The lowest BCUT2D eigenvalue weighted by atomic mass is 9.50. The van der Waals surface area contributed by atoms with Crippen LogP contribution in [0.4, 0.5) is 5.69 Å². The zero-order valence-electron chi connectivity index (χ0n) is 19.5. The molecule has 1 saturated heterocycles. The third kappa shape index (κ3) is 3.86. The summed E-state index contributed by atoms with van der Waals surface area (Å²) in [6, 6.07) is 7.77. The Bertz CT molecular complexity index is 1280. The molecule has 176 valence electrons. The van der Waals surface area contributed by atoms with E-state index in [-0.39, 0.29) is 17.0 Å². The number of hydrogen-bond donors (Lipinski definition) is 2. The van der Waals surface area contributed by atoms with Crippen LogP contribution in [0.1, 0.15) is 47.8 Å². The van der Waals surface area contributed by atoms with E-state index in [2.05, 4.69) is 30.1 Å². The second kappa shape index (κ2) is 8.20. The largest absolute Gasteiger partial charge is 0.368 e. The van der Waals surface area contributed by atoms with E-state index in [1.807, 2.05) is 43.6 Å². The number of hydrogen-bond acceptors (Lipinski definition) is 6. The third-order valence-corrected chi connectivity index (χ3v) is 7.75. The average Bonchev–Trinajstić information content (AvgIpc) is 2.80. The van der Waals surface area contributed by atoms with Gasteiger partial charge in [-0.05, 0) is 61.4 Å². The van der Waals surface area contributed by atoms with E-state index in [4.69, 9.17) is 0 Å². The quantitative estimate of drug-likeness (QED) is 0.590. The first-order valence-electron chi connectivity index (χ1n) is 12.3. The molecule has 8 nitrogen and oxygen atoms in total. The minimum atomic E-state index is -0.0502. The van der Waals surface area contributed by atoms with Crippen molar-refractivity contribution in [1.29, 1.82) is 0 Å². The Morgan fingerprint density at radius 1 is 1.12 bits per heavy atom. The molecular formula is C26H30N6O2. The predicted molar refractivity (Wildman–Crippen MR) is 131 cm³/mol. The first kappa shape index (κ1) is 21.3. The van der Waals surface area contributed by atoms with Gasteiger partial charge >= 0.3 is 0 Å². The number of aromatic nitrogens is 3. The summed E-state index contributed by atoms with van der Waals surface area (Å²) in [7, 11) is 0. The minimum absolute atomic E-state index is 0.0286. The van der Waals surface area contributed by atoms with Crippen LogP contribution in [0.15, 0.2) is 41.5 Å². The standard InChI is InChI=1S/C26H30N6O2/c1-2-19-10-22-23(29-24(19)33)9-17(14-27-22)16-31-5-7-32(8-6-31)20-3-4-21(28-15-20)25(34)30-26-11-18(12-26)13-26/h3-4,9-10,14-15,18H,2,5-8,11-13,16H2,1H3,(H,29,33)(H,30,34). The Balaban J connectivity index is 1.05. The molecule has 0 radical (unpaired) electrons. The molecule has 3 saturated carbocycles. The van der Waals surface area contributed by atoms with E-state index >= 15 is 0 Å². The normalized spacial score (nSPS) is 23.9. The van der Waals surface area contributed by atoms with Crippen LogP contribution in [-0.2, 0) is 13.0 Å². The number of nitrogens with zero attached hydrogens (tertiary/aromatic N) is 4. The second-order valence-corrected chi connectivity index (χ2v) is 10.1. The summed E-state index contributed by atoms with van der Waals surface area (Å²) in [6.07, 6.45) is 7.83. The molecule has 34 heavy (non-hydrogen) atoms. The van der Waals surface area contributed by atoms with Gasteiger partial charge in [-0.3, -0.25) is 19.5 Å². The molecule has 3 aromatic rings. The Hall–Kier alpha value is -3.26. The number of aryl methyl sites for hydroxylation is 1. The number of H-pyrrole nitrogens is 1. The number of nitrogens with one attached hydrogen (secondary N) is 2. The van der Waals surface area contributed by atoms with Crippen molar-refractivity contribution in [3.8, 4) is 0 Å². The first-order valence-corrected chi connectivity index (χ1v) is 12.3. The van der Waals surface area contributed by atoms with E-state index in [1.165, 1.54) is 0 Å². The number of carbonyl (C=O) groups excluding carboxylic acids is 1. The molecule has 4 heterocycles. The van der Waals surface area contributed by atoms with E-state index < -0.39 is 0 Å². The van der Waals surface area contributed by atoms with Crippen LogP contribution in [0.2, 0.25) is 0 Å². The predicted octanol–water partition coefficient (Wildman–Crippen LogP) is 2.49. The van der Waals surface area contributed by atoms with Crippen LogP contribution in [0.3, 0.4) is 0 Å². The molecule has 1 aliphatic heterocycles. The van der Waals surface area contributed by atoms with Crippen molar-refractivity contribution in [2.45, 2.75) is 44.7 Å². The topological polar surface area (TPSA) is 94.2 Å². The molecular weight excluding hydrogens is 428 g/mol. The van der Waals surface area contributed by atoms with Crippen molar-refractivity contribution in [3.05, 3.63) is 63.8 Å². The summed E-state index contributed by atoms with van der Waals surface area (Å²) in [5.41, 5.74) is 5.09. The molecule has 2 N–H and O–H groups in total. The molecule has 0 aromatic carbocycles. The maximum absolute atomic E-state index is 12.5. The van der Waals surface area contributed by atoms with Gasteiger partial charge in [-0.25, -0.2) is 4.98 Å². The number of fused-ring (bicyclic) bond motifs is 1. The summed E-state index contributed by atoms with van der Waals surface area (Å²) in [5, 5.41) is 3.18. The average molecular weight is 459 g/mol. The molecule has 3 aliphatic carbocycles. The maximum Gasteiger partial charge on any atom is 0.270 e. The van der Waals surface area contributed by atoms with Crippen molar-refractivity contribution in [2.75, 3.05) is 31.1 Å². The monoisotopic (exact) mass is 458 g/mol. The molecule has 2 bridgehead atoms. The molecule has 0 unspecified atom stereocenters. The summed E-state index contributed by atoms with van der Waals surface area (Å²) >= 11 is 0. The van der Waals surface area contributed by atoms with E-state index in [0.29, 0.717) is 12.1 Å². The Morgan fingerprint density at radius 2 is 1.91 bits per heavy atom. The molecule has 0 atom stereocenters. The van der Waals surface area contributed by atoms with Gasteiger partial charge in [0, 0.05) is 50.0 Å². The van der Waals surface area contributed by atoms with Gasteiger partial charge in [0.15, 0.2) is 0 Å². The highest BCUT2D eigenvalue weighted by Crippen LogP contribution is 2.56. The maximum atomic E-state index is 12.5. The van der Waals surface area contributed by atoms with Gasteiger partial charge in [0.2, 0.25) is 0 Å². The molecule has 1 amide bonds. The van der Waals surface area contributed by atoms with Crippen LogP contribution < -0.4 is 15.8 Å². The van der Waals surface area contributed by atoms with Gasteiger partial charge in [-0.15, -0.1) is 0 Å². The SMILES string of the molecule is CCc1cc2ncc(CN3CCN(c4ccc(C(=O)NC56CC(C5)C6)nc4)CC3)cc2[nH]c1=O. The second-order valence-electron chi connectivity index (χ2n) is 10.1. The fraction of sp³-hybridized carbons (Fsp3) is 0.462. The number of anilines is 1. The van der Waals surface area contributed by atoms with E-state index in [9.17, 15) is 9.59 Å². The van der Waals surface area contributed by atoms with Gasteiger partial charge in [0.05, 0.1) is 22.9 Å². The van der Waals surface area contributed by atoms with Crippen LogP contribution in [0.5, 0.6) is 0 Å². The minimum Gasteiger partial charge on any atom is -0.368 e. The number of aromatic amines is 1. The molecule has 7 rings (SSSR count). The van der Waals surface area contributed by atoms with Crippen molar-refractivity contribution in [3.63, 3.8) is 0 Å². The zero-order valence-corrected chi connectivity index (χ0v) is 19.5. The van der Waals surface area contributed by atoms with Crippen LogP contribution in [0, 0.1) is 5.92 Å². The summed E-state index contributed by atoms with van der Waals surface area (Å²) in [4.78, 5) is 41.3. The highest BCUT2D eigenvalue weighted by molar-refractivity contribution is 5.93. The molecule has 3 aromatic heterocycles. The van der Waals surface area contributed by atoms with E-state index in [1.54, 1.807) is 0 Å². The van der Waals surface area contributed by atoms with E-state index in [0.717, 1.165) is 85.8 Å². The van der Waals surface area contributed by atoms with Crippen LogP contribution in [-0.4, -0.2) is 57.5 Å². The molecule has 4 fully saturated rings. The third-order valence-electron chi connectivity index (χ3n) is 7.75. The first-order chi connectivity index (χ1) is 16.5.